The van der Waals surface area contributed by atoms with Gasteiger partial charge in [0, 0.05) is 31.5 Å². The zero-order valence-corrected chi connectivity index (χ0v) is 14.5. The number of hydrogen-bond donors (Lipinski definition) is 2. The van der Waals surface area contributed by atoms with Crippen LogP contribution in [-0.4, -0.2) is 35.6 Å². The van der Waals surface area contributed by atoms with E-state index in [1.54, 1.807) is 12.4 Å². The number of aromatic nitrogens is 2. The van der Waals surface area contributed by atoms with E-state index in [-0.39, 0.29) is 5.56 Å². The van der Waals surface area contributed by atoms with Crippen LogP contribution in [0.15, 0.2) is 17.2 Å². The van der Waals surface area contributed by atoms with Crippen molar-refractivity contribution in [3.8, 4) is 0 Å². The van der Waals surface area contributed by atoms with Gasteiger partial charge in [-0.2, -0.15) is 0 Å². The second-order valence-corrected chi connectivity index (χ2v) is 8.04. The lowest BCUT2D eigenvalue weighted by molar-refractivity contribution is 0.185. The molecule has 128 valence electrons. The third kappa shape index (κ3) is 4.34. The Morgan fingerprint density at radius 3 is 2.87 bits per heavy atom. The summed E-state index contributed by atoms with van der Waals surface area (Å²) in [6.45, 7) is 7.71. The topological polar surface area (TPSA) is 61.0 Å². The molecule has 2 N–H and O–H groups in total. The van der Waals surface area contributed by atoms with E-state index < -0.39 is 0 Å². The molecule has 2 aliphatic rings. The molecule has 1 aromatic heterocycles. The van der Waals surface area contributed by atoms with Gasteiger partial charge < -0.3 is 15.2 Å². The minimum absolute atomic E-state index is 0.0809. The smallest absolute Gasteiger partial charge is 0.290 e. The standard InChI is InChI=1S/C18H30N4O/c1-18(2)7-5-14(6-8-18)12-21-15-4-3-11-22(13-15)16-17(23)20-10-9-19-16/h9-10,14-15,21H,3-8,11-13H2,1-2H3,(H,20,23)/t15-/m1/s1. The van der Waals surface area contributed by atoms with E-state index in [4.69, 9.17) is 0 Å². The third-order valence-corrected chi connectivity index (χ3v) is 5.56. The molecule has 1 aliphatic heterocycles. The van der Waals surface area contributed by atoms with Crippen molar-refractivity contribution in [1.82, 2.24) is 15.3 Å². The Morgan fingerprint density at radius 2 is 2.13 bits per heavy atom. The molecule has 5 heteroatoms. The first-order chi connectivity index (χ1) is 11.0. The zero-order chi connectivity index (χ0) is 16.3. The summed E-state index contributed by atoms with van der Waals surface area (Å²) in [7, 11) is 0. The van der Waals surface area contributed by atoms with E-state index >= 15 is 0 Å². The largest absolute Gasteiger partial charge is 0.350 e. The number of nitrogens with one attached hydrogen (secondary N) is 2. The summed E-state index contributed by atoms with van der Waals surface area (Å²) in [5, 5.41) is 3.76. The molecule has 0 spiro atoms. The van der Waals surface area contributed by atoms with E-state index in [1.807, 2.05) is 0 Å². The van der Waals surface area contributed by atoms with Crippen LogP contribution < -0.4 is 15.8 Å². The fraction of sp³-hybridized carbons (Fsp3) is 0.778. The molecule has 1 atom stereocenters. The first-order valence-corrected chi connectivity index (χ1v) is 9.05. The van der Waals surface area contributed by atoms with Crippen LogP contribution in [-0.2, 0) is 0 Å². The number of aromatic amines is 1. The van der Waals surface area contributed by atoms with Gasteiger partial charge in [-0.05, 0) is 56.4 Å². The van der Waals surface area contributed by atoms with E-state index in [2.05, 4.69) is 34.0 Å². The average molecular weight is 318 g/mol. The maximum absolute atomic E-state index is 11.9. The molecule has 0 unspecified atom stereocenters. The number of H-pyrrole nitrogens is 1. The van der Waals surface area contributed by atoms with Crippen LogP contribution in [0.25, 0.3) is 0 Å². The number of nitrogens with zero attached hydrogens (tertiary/aromatic N) is 2. The summed E-state index contributed by atoms with van der Waals surface area (Å²) < 4.78 is 0. The highest BCUT2D eigenvalue weighted by atomic mass is 16.1. The van der Waals surface area contributed by atoms with Crippen LogP contribution in [0.4, 0.5) is 5.82 Å². The number of piperidine rings is 1. The maximum Gasteiger partial charge on any atom is 0.290 e. The highest BCUT2D eigenvalue weighted by Crippen LogP contribution is 2.37. The van der Waals surface area contributed by atoms with E-state index in [9.17, 15) is 4.79 Å². The molecule has 23 heavy (non-hydrogen) atoms. The Kier molecular flexibility index (Phi) is 5.05. The molecule has 0 radical (unpaired) electrons. The molecule has 0 amide bonds. The quantitative estimate of drug-likeness (QED) is 0.895. The van der Waals surface area contributed by atoms with Gasteiger partial charge in [-0.1, -0.05) is 13.8 Å². The summed E-state index contributed by atoms with van der Waals surface area (Å²) in [6, 6.07) is 0.472. The number of anilines is 1. The number of hydrogen-bond acceptors (Lipinski definition) is 4. The molecule has 0 bridgehead atoms. The molecule has 0 aromatic carbocycles. The van der Waals surface area contributed by atoms with Gasteiger partial charge in [0.15, 0.2) is 5.82 Å². The summed E-state index contributed by atoms with van der Waals surface area (Å²) in [4.78, 5) is 21.0. The van der Waals surface area contributed by atoms with Crippen LogP contribution in [0.1, 0.15) is 52.4 Å². The van der Waals surface area contributed by atoms with Crippen LogP contribution in [0.3, 0.4) is 0 Å². The minimum atomic E-state index is -0.0809. The van der Waals surface area contributed by atoms with Crippen LogP contribution in [0.2, 0.25) is 0 Å². The fourth-order valence-corrected chi connectivity index (χ4v) is 3.90. The first kappa shape index (κ1) is 16.5. The van der Waals surface area contributed by atoms with Crippen molar-refractivity contribution < 1.29 is 0 Å². The van der Waals surface area contributed by atoms with Crippen molar-refractivity contribution in [3.63, 3.8) is 0 Å². The lowest BCUT2D eigenvalue weighted by Crippen LogP contribution is -2.48. The number of rotatable bonds is 4. The molecular weight excluding hydrogens is 288 g/mol. The summed E-state index contributed by atoms with van der Waals surface area (Å²) >= 11 is 0. The van der Waals surface area contributed by atoms with Crippen molar-refractivity contribution in [2.45, 2.75) is 58.4 Å². The monoisotopic (exact) mass is 318 g/mol. The lowest BCUT2D eigenvalue weighted by Gasteiger charge is -2.37. The van der Waals surface area contributed by atoms with Crippen molar-refractivity contribution in [2.24, 2.45) is 11.3 Å². The lowest BCUT2D eigenvalue weighted by atomic mass is 9.73. The Morgan fingerprint density at radius 1 is 1.35 bits per heavy atom. The van der Waals surface area contributed by atoms with Crippen LogP contribution in [0, 0.1) is 11.3 Å². The van der Waals surface area contributed by atoms with Crippen molar-refractivity contribution in [3.05, 3.63) is 22.7 Å². The molecule has 1 aromatic rings. The normalized spacial score (nSPS) is 25.5. The van der Waals surface area contributed by atoms with Gasteiger partial charge in [0.25, 0.3) is 5.56 Å². The summed E-state index contributed by atoms with van der Waals surface area (Å²) in [5.41, 5.74) is 0.459. The van der Waals surface area contributed by atoms with E-state index in [0.717, 1.165) is 32.0 Å². The predicted molar refractivity (Wildman–Crippen MR) is 93.8 cm³/mol. The van der Waals surface area contributed by atoms with Crippen molar-refractivity contribution >= 4 is 5.82 Å². The molecule has 3 rings (SSSR count). The van der Waals surface area contributed by atoms with Gasteiger partial charge >= 0.3 is 0 Å². The predicted octanol–water partition coefficient (Wildman–Crippen LogP) is 2.54. The second kappa shape index (κ2) is 7.04. The van der Waals surface area contributed by atoms with Gasteiger partial charge in [0.1, 0.15) is 0 Å². The van der Waals surface area contributed by atoms with Crippen molar-refractivity contribution in [2.75, 3.05) is 24.5 Å². The second-order valence-electron chi connectivity index (χ2n) is 8.04. The van der Waals surface area contributed by atoms with Crippen LogP contribution >= 0.6 is 0 Å². The van der Waals surface area contributed by atoms with Gasteiger partial charge in [-0.25, -0.2) is 4.98 Å². The Bertz CT molecular complexity index is 558. The van der Waals surface area contributed by atoms with E-state index in [1.165, 1.54) is 32.1 Å². The van der Waals surface area contributed by atoms with E-state index in [0.29, 0.717) is 17.3 Å². The fourth-order valence-electron chi connectivity index (χ4n) is 3.90. The highest BCUT2D eigenvalue weighted by Gasteiger charge is 2.28. The maximum atomic E-state index is 11.9. The van der Waals surface area contributed by atoms with Gasteiger partial charge in [-0.15, -0.1) is 0 Å². The van der Waals surface area contributed by atoms with Crippen LogP contribution in [0.5, 0.6) is 0 Å². The third-order valence-electron chi connectivity index (χ3n) is 5.56. The molecule has 1 saturated carbocycles. The summed E-state index contributed by atoms with van der Waals surface area (Å²) in [5.74, 6) is 1.38. The highest BCUT2D eigenvalue weighted by molar-refractivity contribution is 5.36. The SMILES string of the molecule is CC1(C)CCC(CN[C@@H]2CCCN(c3ncc[nH]c3=O)C2)CC1. The Labute approximate surface area is 138 Å². The first-order valence-electron chi connectivity index (χ1n) is 9.05. The van der Waals surface area contributed by atoms with Gasteiger partial charge in [0.05, 0.1) is 0 Å². The Hall–Kier alpha value is -1.36. The molecule has 2 heterocycles. The van der Waals surface area contributed by atoms with Crippen molar-refractivity contribution in [1.29, 1.82) is 0 Å². The Balaban J connectivity index is 1.50. The molecule has 1 saturated heterocycles. The molecular formula is C18H30N4O. The van der Waals surface area contributed by atoms with Gasteiger partial charge in [0.2, 0.25) is 0 Å². The minimum Gasteiger partial charge on any atom is -0.350 e. The molecule has 2 fully saturated rings. The average Bonchev–Trinajstić information content (AvgIpc) is 2.55. The van der Waals surface area contributed by atoms with Gasteiger partial charge in [-0.3, -0.25) is 4.79 Å². The molecule has 5 nitrogen and oxygen atoms in total. The summed E-state index contributed by atoms with van der Waals surface area (Å²) in [6.07, 6.45) is 10.9. The molecule has 1 aliphatic carbocycles. The zero-order valence-electron chi connectivity index (χ0n) is 14.5.